The van der Waals surface area contributed by atoms with Crippen LogP contribution in [0.15, 0.2) is 24.3 Å². The molecule has 1 aromatic rings. The Balaban J connectivity index is 1.72. The molecule has 2 aliphatic rings. The van der Waals surface area contributed by atoms with E-state index in [0.717, 1.165) is 0 Å². The molecule has 25 heavy (non-hydrogen) atoms. The van der Waals surface area contributed by atoms with Crippen LogP contribution in [0.5, 0.6) is 0 Å². The van der Waals surface area contributed by atoms with Crippen LogP contribution in [0.3, 0.4) is 0 Å². The SMILES string of the molecule is CC(O)C(=O)NC1CN(c2cccc(N3CCOCC3F)c2)C(=O)O1. The van der Waals surface area contributed by atoms with E-state index in [0.29, 0.717) is 24.5 Å². The number of benzene rings is 1. The van der Waals surface area contributed by atoms with Gasteiger partial charge in [0, 0.05) is 17.9 Å². The first-order valence-corrected chi connectivity index (χ1v) is 8.01. The van der Waals surface area contributed by atoms with Gasteiger partial charge in [0.05, 0.1) is 19.8 Å². The molecule has 0 bridgehead atoms. The first-order valence-electron chi connectivity index (χ1n) is 8.01. The molecule has 0 aliphatic carbocycles. The Labute approximate surface area is 144 Å². The highest BCUT2D eigenvalue weighted by Crippen LogP contribution is 2.28. The fourth-order valence-electron chi connectivity index (χ4n) is 2.73. The summed E-state index contributed by atoms with van der Waals surface area (Å²) in [4.78, 5) is 26.5. The summed E-state index contributed by atoms with van der Waals surface area (Å²) >= 11 is 0. The van der Waals surface area contributed by atoms with E-state index in [1.165, 1.54) is 11.8 Å². The second-order valence-electron chi connectivity index (χ2n) is 5.89. The monoisotopic (exact) mass is 353 g/mol. The molecule has 0 aromatic heterocycles. The van der Waals surface area contributed by atoms with Crippen LogP contribution in [-0.2, 0) is 14.3 Å². The summed E-state index contributed by atoms with van der Waals surface area (Å²) in [6.07, 6.45) is -3.91. The number of cyclic esters (lactones) is 1. The molecule has 0 saturated carbocycles. The molecule has 2 amide bonds. The van der Waals surface area contributed by atoms with E-state index in [1.807, 2.05) is 0 Å². The van der Waals surface area contributed by atoms with E-state index >= 15 is 0 Å². The molecule has 0 radical (unpaired) electrons. The first-order chi connectivity index (χ1) is 12.0. The number of aliphatic hydroxyl groups is 1. The molecular formula is C16H20FN3O5. The molecule has 3 atom stereocenters. The molecule has 2 heterocycles. The van der Waals surface area contributed by atoms with Crippen LogP contribution >= 0.6 is 0 Å². The Bertz CT molecular complexity index is 656. The van der Waals surface area contributed by atoms with E-state index < -0.39 is 30.6 Å². The van der Waals surface area contributed by atoms with Gasteiger partial charge >= 0.3 is 6.09 Å². The van der Waals surface area contributed by atoms with Gasteiger partial charge in [-0.15, -0.1) is 0 Å². The number of alkyl halides is 1. The van der Waals surface area contributed by atoms with Gasteiger partial charge in [-0.05, 0) is 25.1 Å². The van der Waals surface area contributed by atoms with Crippen molar-refractivity contribution in [1.82, 2.24) is 5.32 Å². The molecule has 136 valence electrons. The highest BCUT2D eigenvalue weighted by atomic mass is 19.1. The lowest BCUT2D eigenvalue weighted by atomic mass is 10.2. The Morgan fingerprint density at radius 2 is 2.20 bits per heavy atom. The van der Waals surface area contributed by atoms with Crippen molar-refractivity contribution in [1.29, 1.82) is 0 Å². The Morgan fingerprint density at radius 3 is 2.92 bits per heavy atom. The normalized spacial score (nSPS) is 24.8. The summed E-state index contributed by atoms with van der Waals surface area (Å²) in [5, 5.41) is 11.7. The largest absolute Gasteiger partial charge is 0.423 e. The van der Waals surface area contributed by atoms with Gasteiger partial charge < -0.3 is 24.8 Å². The summed E-state index contributed by atoms with van der Waals surface area (Å²) < 4.78 is 24.2. The minimum atomic E-state index is -1.24. The molecule has 3 unspecified atom stereocenters. The summed E-state index contributed by atoms with van der Waals surface area (Å²) in [6.45, 7) is 2.28. The number of halogens is 1. The highest BCUT2D eigenvalue weighted by Gasteiger charge is 2.34. The molecule has 0 spiro atoms. The van der Waals surface area contributed by atoms with Gasteiger partial charge in [-0.1, -0.05) is 6.07 Å². The van der Waals surface area contributed by atoms with Crippen molar-refractivity contribution < 1.29 is 28.6 Å². The maximum absolute atomic E-state index is 14.0. The fourth-order valence-corrected chi connectivity index (χ4v) is 2.73. The summed E-state index contributed by atoms with van der Waals surface area (Å²) in [5.74, 6) is -0.623. The molecule has 2 aliphatic heterocycles. The van der Waals surface area contributed by atoms with E-state index in [1.54, 1.807) is 29.2 Å². The van der Waals surface area contributed by atoms with Crippen molar-refractivity contribution in [3.8, 4) is 0 Å². The average Bonchev–Trinajstić information content (AvgIpc) is 2.95. The van der Waals surface area contributed by atoms with Crippen molar-refractivity contribution in [3.63, 3.8) is 0 Å². The topological polar surface area (TPSA) is 91.3 Å². The maximum atomic E-state index is 14.0. The van der Waals surface area contributed by atoms with Crippen LogP contribution in [0.1, 0.15) is 6.92 Å². The minimum Gasteiger partial charge on any atom is -0.423 e. The Kier molecular flexibility index (Phi) is 5.05. The zero-order valence-electron chi connectivity index (χ0n) is 13.7. The van der Waals surface area contributed by atoms with Crippen molar-refractivity contribution in [2.75, 3.05) is 36.1 Å². The van der Waals surface area contributed by atoms with Crippen LogP contribution in [-0.4, -0.2) is 62.0 Å². The number of amides is 2. The lowest BCUT2D eigenvalue weighted by Crippen LogP contribution is -2.43. The van der Waals surface area contributed by atoms with Crippen molar-refractivity contribution in [2.24, 2.45) is 0 Å². The molecule has 1 aromatic carbocycles. The Morgan fingerprint density at radius 1 is 1.44 bits per heavy atom. The predicted molar refractivity (Wildman–Crippen MR) is 86.9 cm³/mol. The van der Waals surface area contributed by atoms with Gasteiger partial charge in [0.15, 0.2) is 12.5 Å². The number of aliphatic hydroxyl groups excluding tert-OH is 1. The third-order valence-electron chi connectivity index (χ3n) is 4.04. The molecular weight excluding hydrogens is 333 g/mol. The minimum absolute atomic E-state index is 0.00341. The van der Waals surface area contributed by atoms with Crippen molar-refractivity contribution in [2.45, 2.75) is 25.6 Å². The molecule has 2 saturated heterocycles. The standard InChI is InChI=1S/C16H20FN3O5/c1-10(21)15(22)18-14-8-20(16(23)25-14)12-4-2-3-11(7-12)19-5-6-24-9-13(19)17/h2-4,7,10,13-14,21H,5-6,8-9H2,1H3,(H,18,22). The summed E-state index contributed by atoms with van der Waals surface area (Å²) in [7, 11) is 0. The zero-order chi connectivity index (χ0) is 18.0. The quantitative estimate of drug-likeness (QED) is 0.771. The number of nitrogens with zero attached hydrogens (tertiary/aromatic N) is 2. The lowest BCUT2D eigenvalue weighted by molar-refractivity contribution is -0.130. The first kappa shape index (κ1) is 17.4. The second kappa shape index (κ2) is 7.24. The zero-order valence-corrected chi connectivity index (χ0v) is 13.7. The van der Waals surface area contributed by atoms with Crippen LogP contribution in [0.25, 0.3) is 0 Å². The van der Waals surface area contributed by atoms with Gasteiger partial charge in [-0.2, -0.15) is 0 Å². The van der Waals surface area contributed by atoms with Crippen LogP contribution in [0.2, 0.25) is 0 Å². The smallest absolute Gasteiger partial charge is 0.416 e. The van der Waals surface area contributed by atoms with E-state index in [9.17, 15) is 19.1 Å². The van der Waals surface area contributed by atoms with Gasteiger partial charge in [0.25, 0.3) is 5.91 Å². The molecule has 2 fully saturated rings. The third kappa shape index (κ3) is 3.83. The number of carbonyl (C=O) groups is 2. The third-order valence-corrected chi connectivity index (χ3v) is 4.04. The number of hydrogen-bond acceptors (Lipinski definition) is 6. The number of nitrogens with one attached hydrogen (secondary N) is 1. The average molecular weight is 353 g/mol. The van der Waals surface area contributed by atoms with E-state index in [4.69, 9.17) is 9.47 Å². The number of hydrogen-bond donors (Lipinski definition) is 2. The van der Waals surface area contributed by atoms with Crippen molar-refractivity contribution in [3.05, 3.63) is 24.3 Å². The number of morpholine rings is 1. The van der Waals surface area contributed by atoms with Crippen molar-refractivity contribution >= 4 is 23.4 Å². The fraction of sp³-hybridized carbons (Fsp3) is 0.500. The lowest BCUT2D eigenvalue weighted by Gasteiger charge is -2.32. The Hall–Kier alpha value is -2.39. The van der Waals surface area contributed by atoms with Gasteiger partial charge in [0.1, 0.15) is 6.10 Å². The second-order valence-corrected chi connectivity index (χ2v) is 5.89. The number of anilines is 2. The summed E-state index contributed by atoms with van der Waals surface area (Å²) in [6, 6.07) is 6.88. The number of ether oxygens (including phenoxy) is 2. The van der Waals surface area contributed by atoms with Gasteiger partial charge in [-0.3, -0.25) is 9.69 Å². The highest BCUT2D eigenvalue weighted by molar-refractivity contribution is 5.91. The van der Waals surface area contributed by atoms with Crippen LogP contribution in [0, 0.1) is 0 Å². The molecule has 9 heteroatoms. The number of rotatable bonds is 4. The molecule has 2 N–H and O–H groups in total. The summed E-state index contributed by atoms with van der Waals surface area (Å²) in [5.41, 5.74) is 1.17. The van der Waals surface area contributed by atoms with Crippen LogP contribution < -0.4 is 15.1 Å². The molecule has 3 rings (SSSR count). The molecule has 8 nitrogen and oxygen atoms in total. The van der Waals surface area contributed by atoms with Gasteiger partial charge in [-0.25, -0.2) is 9.18 Å². The maximum Gasteiger partial charge on any atom is 0.416 e. The van der Waals surface area contributed by atoms with Crippen LogP contribution in [0.4, 0.5) is 20.6 Å². The number of carbonyl (C=O) groups excluding carboxylic acids is 2. The van der Waals surface area contributed by atoms with Gasteiger partial charge in [0.2, 0.25) is 0 Å². The predicted octanol–water partition coefficient (Wildman–Crippen LogP) is 0.598. The van der Waals surface area contributed by atoms with E-state index in [2.05, 4.69) is 5.32 Å². The van der Waals surface area contributed by atoms with E-state index in [-0.39, 0.29) is 13.2 Å².